The second-order valence-electron chi connectivity index (χ2n) is 7.45. The van der Waals surface area contributed by atoms with Crippen molar-refractivity contribution < 1.29 is 0 Å². The summed E-state index contributed by atoms with van der Waals surface area (Å²) in [6.07, 6.45) is 1.86. The summed E-state index contributed by atoms with van der Waals surface area (Å²) in [6, 6.07) is 7.11. The number of benzene rings is 1. The molecule has 1 aliphatic rings. The van der Waals surface area contributed by atoms with Gasteiger partial charge in [0.2, 0.25) is 0 Å². The monoisotopic (exact) mass is 561 g/mol. The number of halogens is 1. The molecule has 0 spiro atoms. The van der Waals surface area contributed by atoms with Gasteiger partial charge in [0.1, 0.15) is 0 Å². The standard InChI is InChI=1S/C20H22As2ClN7O/c1-10(26-17-12(8-24)16(21)28-20(22)29-17)18-27-14-6-2-5-13(23)15(14)19(31)30(18)11-4-3-7-25-9-11/h2,5-6,10-11,25H,3-4,7,9,21-22H2,1H3,(H,26,28,29)/t10-,11?/m0/s1. The van der Waals surface area contributed by atoms with Gasteiger partial charge in [-0.1, -0.05) is 0 Å². The van der Waals surface area contributed by atoms with Crippen molar-refractivity contribution in [3.63, 3.8) is 0 Å². The molecule has 1 fully saturated rings. The molecule has 0 aliphatic carbocycles. The molecule has 160 valence electrons. The maximum atomic E-state index is 13.6. The number of hydrogen-bond donors (Lipinski definition) is 2. The SMILES string of the molecule is C[C@H](Nc1nc([AsH2])nc([AsH2])c1C#N)c1nc2cccc(Cl)c2c(=O)n1C1CCCNC1. The number of nitrogens with one attached hydrogen (secondary N) is 2. The van der Waals surface area contributed by atoms with Gasteiger partial charge in [-0.25, -0.2) is 0 Å². The number of fused-ring (bicyclic) bond motifs is 1. The second-order valence-corrected chi connectivity index (χ2v) is 10.1. The van der Waals surface area contributed by atoms with Crippen LogP contribution in [0, 0.1) is 11.3 Å². The van der Waals surface area contributed by atoms with Crippen LogP contribution in [0.2, 0.25) is 5.02 Å². The van der Waals surface area contributed by atoms with Gasteiger partial charge in [-0.05, 0) is 0 Å². The quantitative estimate of drug-likeness (QED) is 0.407. The van der Waals surface area contributed by atoms with Crippen molar-refractivity contribution in [3.8, 4) is 6.07 Å². The Labute approximate surface area is 201 Å². The van der Waals surface area contributed by atoms with Crippen LogP contribution in [0.3, 0.4) is 0 Å². The molecule has 1 aliphatic heterocycles. The first-order valence-electron chi connectivity index (χ1n) is 9.91. The Kier molecular flexibility index (Phi) is 6.69. The summed E-state index contributed by atoms with van der Waals surface area (Å²) in [5, 5.41) is 17.1. The molecule has 1 saturated heterocycles. The van der Waals surface area contributed by atoms with E-state index < -0.39 is 0 Å². The van der Waals surface area contributed by atoms with Crippen LogP contribution in [0.15, 0.2) is 23.0 Å². The first-order valence-corrected chi connectivity index (χ1v) is 12.7. The average molecular weight is 562 g/mol. The molecule has 11 heteroatoms. The molecule has 3 unspecified atom stereocenters. The van der Waals surface area contributed by atoms with E-state index >= 15 is 0 Å². The fourth-order valence-electron chi connectivity index (χ4n) is 3.91. The van der Waals surface area contributed by atoms with Crippen LogP contribution in [-0.4, -0.2) is 66.3 Å². The fourth-order valence-corrected chi connectivity index (χ4v) is 6.08. The Morgan fingerprint density at radius 2 is 2.16 bits per heavy atom. The van der Waals surface area contributed by atoms with E-state index in [4.69, 9.17) is 16.6 Å². The van der Waals surface area contributed by atoms with Gasteiger partial charge in [0.05, 0.1) is 0 Å². The van der Waals surface area contributed by atoms with Crippen LogP contribution in [0.4, 0.5) is 5.82 Å². The molecule has 0 saturated carbocycles. The van der Waals surface area contributed by atoms with Crippen molar-refractivity contribution in [1.82, 2.24) is 24.8 Å². The van der Waals surface area contributed by atoms with Gasteiger partial charge in [0, 0.05) is 0 Å². The average Bonchev–Trinajstić information content (AvgIpc) is 2.74. The van der Waals surface area contributed by atoms with Gasteiger partial charge in [-0.15, -0.1) is 0 Å². The van der Waals surface area contributed by atoms with Gasteiger partial charge >= 0.3 is 203 Å². The van der Waals surface area contributed by atoms with E-state index in [2.05, 4.69) is 26.7 Å². The van der Waals surface area contributed by atoms with Gasteiger partial charge < -0.3 is 0 Å². The van der Waals surface area contributed by atoms with Crippen LogP contribution in [0.25, 0.3) is 10.9 Å². The van der Waals surface area contributed by atoms with Crippen molar-refractivity contribution in [3.05, 3.63) is 45.0 Å². The van der Waals surface area contributed by atoms with E-state index in [1.165, 1.54) is 33.7 Å². The van der Waals surface area contributed by atoms with E-state index in [1.54, 1.807) is 22.8 Å². The minimum atomic E-state index is -0.362. The summed E-state index contributed by atoms with van der Waals surface area (Å²) in [5.41, 5.74) is 0.837. The fraction of sp³-hybridized carbons (Fsp3) is 0.350. The van der Waals surface area contributed by atoms with Crippen LogP contribution in [0.5, 0.6) is 0 Å². The summed E-state index contributed by atoms with van der Waals surface area (Å²) in [5.74, 6) is 1.07. The Morgan fingerprint density at radius 1 is 1.35 bits per heavy atom. The van der Waals surface area contributed by atoms with Gasteiger partial charge in [0.15, 0.2) is 0 Å². The number of rotatable bonds is 4. The van der Waals surface area contributed by atoms with E-state index in [-0.39, 0.29) is 17.6 Å². The van der Waals surface area contributed by atoms with Gasteiger partial charge in [-0.2, -0.15) is 0 Å². The predicted molar refractivity (Wildman–Crippen MR) is 127 cm³/mol. The topological polar surface area (TPSA) is 109 Å². The molecule has 31 heavy (non-hydrogen) atoms. The molecule has 2 aromatic heterocycles. The number of hydrogen-bond acceptors (Lipinski definition) is 7. The minimum absolute atomic E-state index is 0.0235. The van der Waals surface area contributed by atoms with Crippen LogP contribution >= 0.6 is 11.6 Å². The summed E-state index contributed by atoms with van der Waals surface area (Å²) in [6.45, 7) is 3.55. The third-order valence-electron chi connectivity index (χ3n) is 5.35. The Balaban J connectivity index is 1.87. The zero-order valence-corrected chi connectivity index (χ0v) is 22.5. The maximum absolute atomic E-state index is 13.6. The van der Waals surface area contributed by atoms with Crippen LogP contribution < -0.4 is 25.3 Å². The van der Waals surface area contributed by atoms with Gasteiger partial charge in [-0.3, -0.25) is 0 Å². The first kappa shape index (κ1) is 22.3. The molecule has 3 aromatic rings. The molecule has 1 aromatic carbocycles. The molecule has 4 atom stereocenters. The molecule has 3 heterocycles. The van der Waals surface area contributed by atoms with Gasteiger partial charge in [0.25, 0.3) is 0 Å². The normalized spacial score (nSPS) is 17.3. The summed E-state index contributed by atoms with van der Waals surface area (Å²) >= 11 is 8.94. The van der Waals surface area contributed by atoms with E-state index in [1.807, 2.05) is 6.92 Å². The Bertz CT molecular complexity index is 1250. The molecular formula is C20H22As2ClN7O. The molecular weight excluding hydrogens is 540 g/mol. The summed E-state index contributed by atoms with van der Waals surface area (Å²) in [4.78, 5) is 27.2. The van der Waals surface area contributed by atoms with E-state index in [9.17, 15) is 10.1 Å². The third-order valence-corrected chi connectivity index (χ3v) is 7.08. The molecule has 4 rings (SSSR count). The number of piperidine rings is 1. The van der Waals surface area contributed by atoms with Crippen LogP contribution in [0.1, 0.15) is 43.2 Å². The Morgan fingerprint density at radius 3 is 2.87 bits per heavy atom. The Hall–Kier alpha value is -1.90. The molecule has 0 bridgehead atoms. The van der Waals surface area contributed by atoms with Crippen molar-refractivity contribution in [2.45, 2.75) is 31.8 Å². The molecule has 0 amide bonds. The number of anilines is 1. The van der Waals surface area contributed by atoms with Crippen molar-refractivity contribution in [1.29, 1.82) is 5.26 Å². The third kappa shape index (κ3) is 4.38. The summed E-state index contributed by atoms with van der Waals surface area (Å²) in [7, 11) is 0. The molecule has 0 radical (unpaired) electrons. The first-order chi connectivity index (χ1) is 14.9. The van der Waals surface area contributed by atoms with Crippen molar-refractivity contribution in [2.24, 2.45) is 0 Å². The number of aromatic nitrogens is 4. The zero-order chi connectivity index (χ0) is 22.1. The zero-order valence-electron chi connectivity index (χ0n) is 16.9. The van der Waals surface area contributed by atoms with E-state index in [0.717, 1.165) is 19.4 Å². The number of nitrogens with zero attached hydrogens (tertiary/aromatic N) is 5. The van der Waals surface area contributed by atoms with Crippen molar-refractivity contribution in [2.75, 3.05) is 18.4 Å². The number of nitriles is 1. The summed E-state index contributed by atoms with van der Waals surface area (Å²) < 4.78 is 3.10. The van der Waals surface area contributed by atoms with E-state index in [0.29, 0.717) is 48.8 Å². The molecule has 8 nitrogen and oxygen atoms in total. The van der Waals surface area contributed by atoms with Crippen molar-refractivity contribution >= 4 is 71.1 Å². The predicted octanol–water partition coefficient (Wildman–Crippen LogP) is -0.674. The molecule has 2 N–H and O–H groups in total. The second kappa shape index (κ2) is 9.30. The van der Waals surface area contributed by atoms with Crippen LogP contribution in [-0.2, 0) is 0 Å².